The zero-order valence-electron chi connectivity index (χ0n) is 13.1. The molecule has 0 aromatic heterocycles. The summed E-state index contributed by atoms with van der Waals surface area (Å²) in [6.45, 7) is 14.1. The summed E-state index contributed by atoms with van der Waals surface area (Å²) in [7, 11) is -0.202. The zero-order chi connectivity index (χ0) is 14.1. The van der Waals surface area contributed by atoms with Crippen molar-refractivity contribution in [2.24, 2.45) is 5.92 Å². The second kappa shape index (κ2) is 5.59. The second-order valence-corrected chi connectivity index (χ2v) is 7.06. The molecule has 0 saturated carbocycles. The van der Waals surface area contributed by atoms with Crippen molar-refractivity contribution < 1.29 is 9.31 Å². The molecule has 0 aromatic carbocycles. The molecule has 0 radical (unpaired) electrons. The first-order valence-electron chi connectivity index (χ1n) is 7.55. The number of likely N-dealkylation sites (tertiary alicyclic amines) is 1. The van der Waals surface area contributed by atoms with Crippen molar-refractivity contribution in [3.05, 3.63) is 12.1 Å². The van der Waals surface area contributed by atoms with E-state index in [9.17, 15) is 0 Å². The molecular formula is C15H28BNO2. The van der Waals surface area contributed by atoms with Crippen LogP contribution in [0.1, 0.15) is 47.5 Å². The van der Waals surface area contributed by atoms with E-state index in [0.717, 1.165) is 12.5 Å². The van der Waals surface area contributed by atoms with Crippen LogP contribution < -0.4 is 0 Å². The van der Waals surface area contributed by atoms with E-state index in [1.54, 1.807) is 0 Å². The molecule has 1 atom stereocenters. The second-order valence-electron chi connectivity index (χ2n) is 7.06. The van der Waals surface area contributed by atoms with Gasteiger partial charge in [-0.1, -0.05) is 19.0 Å². The van der Waals surface area contributed by atoms with Crippen LogP contribution in [0.15, 0.2) is 12.1 Å². The molecule has 0 N–H and O–H groups in total. The van der Waals surface area contributed by atoms with Crippen molar-refractivity contribution in [1.29, 1.82) is 0 Å². The molecule has 2 fully saturated rings. The normalized spacial score (nSPS) is 31.2. The van der Waals surface area contributed by atoms with E-state index in [1.165, 1.54) is 25.9 Å². The lowest BCUT2D eigenvalue weighted by molar-refractivity contribution is 0.00578. The summed E-state index contributed by atoms with van der Waals surface area (Å²) < 4.78 is 11.9. The fourth-order valence-electron chi connectivity index (χ4n) is 2.74. The van der Waals surface area contributed by atoms with Gasteiger partial charge in [0, 0.05) is 13.1 Å². The zero-order valence-corrected chi connectivity index (χ0v) is 13.1. The van der Waals surface area contributed by atoms with E-state index in [0.29, 0.717) is 0 Å². The minimum atomic E-state index is -0.234. The summed E-state index contributed by atoms with van der Waals surface area (Å²) in [5.74, 6) is 2.90. The molecule has 2 aliphatic rings. The van der Waals surface area contributed by atoms with Gasteiger partial charge < -0.3 is 9.31 Å². The molecule has 2 saturated heterocycles. The third-order valence-corrected chi connectivity index (χ3v) is 4.67. The van der Waals surface area contributed by atoms with Crippen LogP contribution in [0.4, 0.5) is 0 Å². The molecule has 0 bridgehead atoms. The van der Waals surface area contributed by atoms with E-state index >= 15 is 0 Å². The van der Waals surface area contributed by atoms with Gasteiger partial charge in [0.15, 0.2) is 0 Å². The van der Waals surface area contributed by atoms with Gasteiger partial charge in [0.2, 0.25) is 0 Å². The summed E-state index contributed by atoms with van der Waals surface area (Å²) in [6, 6.07) is 0. The van der Waals surface area contributed by atoms with Crippen LogP contribution in [0.25, 0.3) is 0 Å². The first kappa shape index (κ1) is 15.1. The summed E-state index contributed by atoms with van der Waals surface area (Å²) in [5, 5.41) is 0. The van der Waals surface area contributed by atoms with Gasteiger partial charge in [-0.05, 0) is 53.0 Å². The monoisotopic (exact) mass is 265 g/mol. The molecule has 2 rings (SSSR count). The van der Waals surface area contributed by atoms with Crippen molar-refractivity contribution in [3.63, 3.8) is 0 Å². The molecule has 1 unspecified atom stereocenters. The van der Waals surface area contributed by atoms with Crippen molar-refractivity contribution in [2.75, 3.05) is 19.6 Å². The average molecular weight is 265 g/mol. The highest BCUT2D eigenvalue weighted by molar-refractivity contribution is 6.51. The van der Waals surface area contributed by atoms with Crippen LogP contribution in [-0.4, -0.2) is 42.9 Å². The average Bonchev–Trinajstić information content (AvgIpc) is 2.47. The minimum Gasteiger partial charge on any atom is -0.400 e. The summed E-state index contributed by atoms with van der Waals surface area (Å²) in [6.07, 6.45) is 4.89. The van der Waals surface area contributed by atoms with Gasteiger partial charge in [-0.2, -0.15) is 0 Å². The van der Waals surface area contributed by atoms with Crippen LogP contribution in [0.2, 0.25) is 0 Å². The number of hydrogen-bond acceptors (Lipinski definition) is 3. The van der Waals surface area contributed by atoms with Crippen LogP contribution in [0.3, 0.4) is 0 Å². The van der Waals surface area contributed by atoms with Crippen molar-refractivity contribution >= 4 is 7.12 Å². The highest BCUT2D eigenvalue weighted by atomic mass is 16.7. The maximum absolute atomic E-state index is 5.95. The van der Waals surface area contributed by atoms with Gasteiger partial charge in [-0.15, -0.1) is 0 Å². The molecule has 108 valence electrons. The maximum Gasteiger partial charge on any atom is 0.486 e. The Morgan fingerprint density at radius 1 is 1.21 bits per heavy atom. The molecule has 3 nitrogen and oxygen atoms in total. The Kier molecular flexibility index (Phi) is 4.43. The van der Waals surface area contributed by atoms with Gasteiger partial charge in [-0.3, -0.25) is 4.90 Å². The molecule has 0 amide bonds. The summed E-state index contributed by atoms with van der Waals surface area (Å²) in [4.78, 5) is 2.51. The number of piperidine rings is 1. The standard InChI is InChI=1S/C15H28BNO2/c1-13-8-6-10-17(12-13)11-7-9-16-18-14(2,3)15(4,5)19-16/h7,9,13H,6,8,10-12H2,1-5H3/b9-7+. The molecular weight excluding hydrogens is 237 g/mol. The van der Waals surface area contributed by atoms with E-state index in [-0.39, 0.29) is 18.3 Å². The molecule has 0 spiro atoms. The smallest absolute Gasteiger partial charge is 0.400 e. The van der Waals surface area contributed by atoms with Gasteiger partial charge in [0.25, 0.3) is 0 Å². The van der Waals surface area contributed by atoms with E-state index < -0.39 is 0 Å². The lowest BCUT2D eigenvalue weighted by atomic mass is 9.90. The van der Waals surface area contributed by atoms with Gasteiger partial charge in [-0.25, -0.2) is 0 Å². The highest BCUT2D eigenvalue weighted by Crippen LogP contribution is 2.36. The fourth-order valence-corrected chi connectivity index (χ4v) is 2.74. The Labute approximate surface area is 118 Å². The number of nitrogens with zero attached hydrogens (tertiary/aromatic N) is 1. The van der Waals surface area contributed by atoms with Gasteiger partial charge in [0.05, 0.1) is 11.2 Å². The van der Waals surface area contributed by atoms with Crippen molar-refractivity contribution in [1.82, 2.24) is 4.90 Å². The number of hydrogen-bond donors (Lipinski definition) is 0. The molecule has 4 heteroatoms. The SMILES string of the molecule is CC1CCCN(C/C=C/B2OC(C)(C)C(C)(C)O2)C1. The predicted molar refractivity (Wildman–Crippen MR) is 80.1 cm³/mol. The molecule has 2 heterocycles. The quantitative estimate of drug-likeness (QED) is 0.732. The molecule has 0 aliphatic carbocycles. The Balaban J connectivity index is 1.81. The van der Waals surface area contributed by atoms with E-state index in [1.807, 2.05) is 0 Å². The first-order valence-corrected chi connectivity index (χ1v) is 7.55. The minimum absolute atomic E-state index is 0.202. The largest absolute Gasteiger partial charge is 0.486 e. The highest BCUT2D eigenvalue weighted by Gasteiger charge is 2.49. The third kappa shape index (κ3) is 3.62. The Morgan fingerprint density at radius 2 is 1.84 bits per heavy atom. The van der Waals surface area contributed by atoms with Crippen LogP contribution in [0, 0.1) is 5.92 Å². The van der Waals surface area contributed by atoms with Crippen LogP contribution in [0.5, 0.6) is 0 Å². The lowest BCUT2D eigenvalue weighted by Gasteiger charge is -2.32. The third-order valence-electron chi connectivity index (χ3n) is 4.67. The molecule has 0 aromatic rings. The topological polar surface area (TPSA) is 21.7 Å². The maximum atomic E-state index is 5.95. The van der Waals surface area contributed by atoms with Gasteiger partial charge >= 0.3 is 7.12 Å². The van der Waals surface area contributed by atoms with E-state index in [4.69, 9.17) is 9.31 Å². The first-order chi connectivity index (χ1) is 8.80. The molecule has 2 aliphatic heterocycles. The Bertz CT molecular complexity index is 325. The van der Waals surface area contributed by atoms with E-state index in [2.05, 4.69) is 51.6 Å². The Morgan fingerprint density at radius 3 is 2.42 bits per heavy atom. The number of rotatable bonds is 3. The van der Waals surface area contributed by atoms with Crippen molar-refractivity contribution in [2.45, 2.75) is 58.7 Å². The van der Waals surface area contributed by atoms with Crippen LogP contribution >= 0.6 is 0 Å². The summed E-state index contributed by atoms with van der Waals surface area (Å²) >= 11 is 0. The Hall–Kier alpha value is -0.315. The molecule has 19 heavy (non-hydrogen) atoms. The van der Waals surface area contributed by atoms with Crippen molar-refractivity contribution in [3.8, 4) is 0 Å². The predicted octanol–water partition coefficient (Wildman–Crippen LogP) is 2.91. The fraction of sp³-hybridized carbons (Fsp3) is 0.867. The summed E-state index contributed by atoms with van der Waals surface area (Å²) in [5.41, 5.74) is -0.469. The van der Waals surface area contributed by atoms with Crippen LogP contribution in [-0.2, 0) is 9.31 Å². The van der Waals surface area contributed by atoms with Gasteiger partial charge in [0.1, 0.15) is 0 Å². The lowest BCUT2D eigenvalue weighted by Crippen LogP contribution is -2.41.